The molecule has 0 saturated heterocycles. The Bertz CT molecular complexity index is 724. The average Bonchev–Trinajstić information content (AvgIpc) is 2.85. The van der Waals surface area contributed by atoms with Crippen molar-refractivity contribution in [3.63, 3.8) is 0 Å². The number of benzene rings is 1. The molecule has 1 atom stereocenters. The lowest BCUT2D eigenvalue weighted by Gasteiger charge is -2.18. The molecule has 2 rings (SSSR count). The van der Waals surface area contributed by atoms with E-state index in [0.29, 0.717) is 0 Å². The van der Waals surface area contributed by atoms with Crippen LogP contribution in [0.1, 0.15) is 29.4 Å². The van der Waals surface area contributed by atoms with Gasteiger partial charge >= 0.3 is 0 Å². The fraction of sp³-hybridized carbons (Fsp3) is 0.474. The second-order valence-corrected chi connectivity index (χ2v) is 7.18. The zero-order valence-corrected chi connectivity index (χ0v) is 19.6. The molecule has 0 spiro atoms. The van der Waals surface area contributed by atoms with Gasteiger partial charge in [0.15, 0.2) is 5.96 Å². The van der Waals surface area contributed by atoms with E-state index in [-0.39, 0.29) is 30.0 Å². The first kappa shape index (κ1) is 22.8. The molecular formula is C19H30IN5S. The molecule has 7 heteroatoms. The highest BCUT2D eigenvalue weighted by Crippen LogP contribution is 2.15. The molecule has 0 saturated carbocycles. The Morgan fingerprint density at radius 2 is 1.92 bits per heavy atom. The zero-order chi connectivity index (χ0) is 18.4. The Labute approximate surface area is 178 Å². The predicted octanol–water partition coefficient (Wildman–Crippen LogP) is 3.67. The minimum absolute atomic E-state index is 0. The number of guanidine groups is 1. The topological polar surface area (TPSA) is 54.2 Å². The number of hydrogen-bond donors (Lipinski definition) is 2. The molecule has 26 heavy (non-hydrogen) atoms. The number of rotatable bonds is 6. The lowest BCUT2D eigenvalue weighted by Crippen LogP contribution is -2.42. The van der Waals surface area contributed by atoms with Crippen molar-refractivity contribution in [1.82, 2.24) is 20.4 Å². The molecule has 1 heterocycles. The molecule has 1 unspecified atom stereocenters. The summed E-state index contributed by atoms with van der Waals surface area (Å²) in [6.45, 7) is 7.12. The third-order valence-electron chi connectivity index (χ3n) is 4.39. The van der Waals surface area contributed by atoms with E-state index in [1.807, 2.05) is 11.7 Å². The van der Waals surface area contributed by atoms with E-state index < -0.39 is 0 Å². The van der Waals surface area contributed by atoms with Gasteiger partial charge in [0.2, 0.25) is 0 Å². The SMILES string of the molecule is CN=C(NCc1ccc(SC)cc1)NC(C)Cc1c(C)nn(C)c1C.I. The minimum Gasteiger partial charge on any atom is -0.354 e. The van der Waals surface area contributed by atoms with Crippen LogP contribution in [0.25, 0.3) is 0 Å². The van der Waals surface area contributed by atoms with Crippen molar-refractivity contribution in [3.05, 3.63) is 46.8 Å². The molecule has 5 nitrogen and oxygen atoms in total. The fourth-order valence-electron chi connectivity index (χ4n) is 2.83. The molecule has 1 aromatic carbocycles. The Morgan fingerprint density at radius 3 is 2.42 bits per heavy atom. The summed E-state index contributed by atoms with van der Waals surface area (Å²) in [5.41, 5.74) is 4.88. The van der Waals surface area contributed by atoms with Crippen LogP contribution in [0.5, 0.6) is 0 Å². The quantitative estimate of drug-likeness (QED) is 0.283. The average molecular weight is 487 g/mol. The molecule has 144 valence electrons. The number of aliphatic imine (C=N–C) groups is 1. The van der Waals surface area contributed by atoms with Gasteiger partial charge in [-0.15, -0.1) is 35.7 Å². The van der Waals surface area contributed by atoms with Crippen molar-refractivity contribution in [3.8, 4) is 0 Å². The van der Waals surface area contributed by atoms with E-state index in [9.17, 15) is 0 Å². The third-order valence-corrected chi connectivity index (χ3v) is 5.14. The van der Waals surface area contributed by atoms with Gasteiger partial charge in [-0.05, 0) is 56.7 Å². The first-order valence-corrected chi connectivity index (χ1v) is 9.76. The number of halogens is 1. The van der Waals surface area contributed by atoms with Crippen LogP contribution in [0.2, 0.25) is 0 Å². The fourth-order valence-corrected chi connectivity index (χ4v) is 3.24. The van der Waals surface area contributed by atoms with Gasteiger partial charge in [0, 0.05) is 37.3 Å². The number of thioether (sulfide) groups is 1. The summed E-state index contributed by atoms with van der Waals surface area (Å²) >= 11 is 1.76. The Hall–Kier alpha value is -1.22. The van der Waals surface area contributed by atoms with E-state index in [4.69, 9.17) is 0 Å². The van der Waals surface area contributed by atoms with Crippen molar-refractivity contribution in [2.45, 2.75) is 44.7 Å². The lowest BCUT2D eigenvalue weighted by atomic mass is 10.1. The Balaban J connectivity index is 0.00000338. The Morgan fingerprint density at radius 1 is 1.27 bits per heavy atom. The standard InChI is InChI=1S/C19H29N5S.HI/c1-13(11-18-14(2)23-24(5)15(18)3)22-19(20-4)21-12-16-7-9-17(25-6)10-8-16;/h7-10,13H,11-12H2,1-6H3,(H2,20,21,22);1H. The van der Waals surface area contributed by atoms with Crippen LogP contribution in [-0.4, -0.2) is 35.1 Å². The van der Waals surface area contributed by atoms with Crippen molar-refractivity contribution in [2.24, 2.45) is 12.0 Å². The van der Waals surface area contributed by atoms with E-state index in [1.54, 1.807) is 18.8 Å². The van der Waals surface area contributed by atoms with E-state index >= 15 is 0 Å². The summed E-state index contributed by atoms with van der Waals surface area (Å²) in [4.78, 5) is 5.62. The monoisotopic (exact) mass is 487 g/mol. The molecule has 0 aliphatic carbocycles. The molecule has 0 aliphatic heterocycles. The van der Waals surface area contributed by atoms with Gasteiger partial charge in [-0.3, -0.25) is 9.67 Å². The maximum atomic E-state index is 4.49. The molecule has 0 radical (unpaired) electrons. The van der Waals surface area contributed by atoms with Crippen LogP contribution in [0.4, 0.5) is 0 Å². The van der Waals surface area contributed by atoms with Crippen molar-refractivity contribution in [2.75, 3.05) is 13.3 Å². The molecule has 0 amide bonds. The van der Waals surface area contributed by atoms with Crippen molar-refractivity contribution in [1.29, 1.82) is 0 Å². The van der Waals surface area contributed by atoms with Gasteiger partial charge in [-0.2, -0.15) is 5.10 Å². The number of nitrogens with one attached hydrogen (secondary N) is 2. The molecule has 0 aliphatic rings. The van der Waals surface area contributed by atoms with E-state index in [0.717, 1.165) is 24.6 Å². The first-order valence-electron chi connectivity index (χ1n) is 8.53. The number of aryl methyl sites for hydroxylation is 2. The predicted molar refractivity (Wildman–Crippen MR) is 123 cm³/mol. The van der Waals surface area contributed by atoms with Crippen LogP contribution in [0.3, 0.4) is 0 Å². The van der Waals surface area contributed by atoms with E-state index in [2.05, 4.69) is 72.0 Å². The highest BCUT2D eigenvalue weighted by atomic mass is 127. The third kappa shape index (κ3) is 6.19. The number of aromatic nitrogens is 2. The molecule has 0 fully saturated rings. The largest absolute Gasteiger partial charge is 0.354 e. The number of nitrogens with zero attached hydrogens (tertiary/aromatic N) is 3. The maximum absolute atomic E-state index is 4.49. The van der Waals surface area contributed by atoms with Gasteiger partial charge in [-0.1, -0.05) is 12.1 Å². The smallest absolute Gasteiger partial charge is 0.191 e. The first-order chi connectivity index (χ1) is 11.9. The molecular weight excluding hydrogens is 457 g/mol. The maximum Gasteiger partial charge on any atom is 0.191 e. The second kappa shape index (κ2) is 10.8. The summed E-state index contributed by atoms with van der Waals surface area (Å²) in [5, 5.41) is 11.3. The van der Waals surface area contributed by atoms with Crippen molar-refractivity contribution < 1.29 is 0 Å². The lowest BCUT2D eigenvalue weighted by molar-refractivity contribution is 0.635. The van der Waals surface area contributed by atoms with Crippen LogP contribution >= 0.6 is 35.7 Å². The highest BCUT2D eigenvalue weighted by Gasteiger charge is 2.13. The molecule has 2 N–H and O–H groups in total. The molecule has 1 aromatic heterocycles. The van der Waals surface area contributed by atoms with Gasteiger partial charge in [-0.25, -0.2) is 0 Å². The van der Waals surface area contributed by atoms with Crippen LogP contribution in [0, 0.1) is 13.8 Å². The summed E-state index contributed by atoms with van der Waals surface area (Å²) in [5.74, 6) is 0.820. The summed E-state index contributed by atoms with van der Waals surface area (Å²) in [6.07, 6.45) is 3.01. The molecule has 2 aromatic rings. The van der Waals surface area contributed by atoms with E-state index in [1.165, 1.54) is 21.7 Å². The Kier molecular flexibility index (Phi) is 9.49. The summed E-state index contributed by atoms with van der Waals surface area (Å²) in [6, 6.07) is 8.87. The van der Waals surface area contributed by atoms with Gasteiger partial charge < -0.3 is 10.6 Å². The normalized spacial score (nSPS) is 12.5. The van der Waals surface area contributed by atoms with Crippen molar-refractivity contribution >= 4 is 41.7 Å². The van der Waals surface area contributed by atoms with Crippen LogP contribution in [-0.2, 0) is 20.0 Å². The summed E-state index contributed by atoms with van der Waals surface area (Å²) < 4.78 is 1.95. The van der Waals surface area contributed by atoms with Gasteiger partial charge in [0.1, 0.15) is 0 Å². The highest BCUT2D eigenvalue weighted by molar-refractivity contribution is 14.0. The zero-order valence-electron chi connectivity index (χ0n) is 16.5. The van der Waals surface area contributed by atoms with Gasteiger partial charge in [0.25, 0.3) is 0 Å². The van der Waals surface area contributed by atoms with Gasteiger partial charge in [0.05, 0.1) is 5.69 Å². The molecule has 0 bridgehead atoms. The number of hydrogen-bond acceptors (Lipinski definition) is 3. The van der Waals surface area contributed by atoms with Crippen LogP contribution in [0.15, 0.2) is 34.2 Å². The van der Waals surface area contributed by atoms with Crippen LogP contribution < -0.4 is 10.6 Å². The summed E-state index contributed by atoms with van der Waals surface area (Å²) in [7, 11) is 3.80. The minimum atomic E-state index is 0. The second-order valence-electron chi connectivity index (χ2n) is 6.30.